The zero-order chi connectivity index (χ0) is 17.9. The first-order valence-corrected chi connectivity index (χ1v) is 8.97. The molecule has 6 nitrogen and oxygen atoms in total. The summed E-state index contributed by atoms with van der Waals surface area (Å²) in [7, 11) is 0. The smallest absolute Gasteiger partial charge is 0.255 e. The van der Waals surface area contributed by atoms with Gasteiger partial charge in [-0.1, -0.05) is 41.9 Å². The maximum atomic E-state index is 13.0. The number of carbonyl (C=O) groups excluding carboxylic acids is 1. The zero-order valence-electron chi connectivity index (χ0n) is 14.1. The second kappa shape index (κ2) is 7.25. The van der Waals surface area contributed by atoms with Crippen LogP contribution in [0, 0.1) is 0 Å². The van der Waals surface area contributed by atoms with E-state index in [1.165, 1.54) is 16.6 Å². The van der Waals surface area contributed by atoms with Crippen molar-refractivity contribution in [2.75, 3.05) is 13.1 Å². The van der Waals surface area contributed by atoms with Gasteiger partial charge in [0.05, 0.1) is 16.3 Å². The van der Waals surface area contributed by atoms with E-state index in [-0.39, 0.29) is 5.91 Å². The second-order valence-corrected chi connectivity index (χ2v) is 6.80. The summed E-state index contributed by atoms with van der Waals surface area (Å²) in [6, 6.07) is 15.7. The highest BCUT2D eigenvalue weighted by atomic mass is 35.5. The van der Waals surface area contributed by atoms with Crippen LogP contribution in [0.3, 0.4) is 0 Å². The Morgan fingerprint density at radius 3 is 2.54 bits per heavy atom. The van der Waals surface area contributed by atoms with Crippen molar-refractivity contribution >= 4 is 17.5 Å². The van der Waals surface area contributed by atoms with E-state index in [1.54, 1.807) is 18.2 Å². The fourth-order valence-electron chi connectivity index (χ4n) is 3.41. The van der Waals surface area contributed by atoms with E-state index in [4.69, 9.17) is 11.6 Å². The molecule has 1 aliphatic heterocycles. The Hall–Kier alpha value is -2.73. The summed E-state index contributed by atoms with van der Waals surface area (Å²) in [5.74, 6) is 0.458. The quantitative estimate of drug-likeness (QED) is 0.712. The van der Waals surface area contributed by atoms with Crippen molar-refractivity contribution in [3.8, 4) is 5.69 Å². The largest absolute Gasteiger partial charge is 0.339 e. The molecular weight excluding hydrogens is 350 g/mol. The van der Waals surface area contributed by atoms with E-state index >= 15 is 0 Å². The van der Waals surface area contributed by atoms with Crippen LogP contribution in [0.1, 0.15) is 34.7 Å². The highest BCUT2D eigenvalue weighted by Gasteiger charge is 2.26. The Bertz CT molecular complexity index is 890. The number of rotatable bonds is 3. The lowest BCUT2D eigenvalue weighted by molar-refractivity contribution is 0.0713. The van der Waals surface area contributed by atoms with Crippen LogP contribution in [0.5, 0.6) is 0 Å². The highest BCUT2D eigenvalue weighted by molar-refractivity contribution is 6.33. The van der Waals surface area contributed by atoms with Crippen molar-refractivity contribution in [3.05, 3.63) is 71.0 Å². The van der Waals surface area contributed by atoms with Crippen LogP contribution >= 0.6 is 11.6 Å². The maximum Gasteiger partial charge on any atom is 0.255 e. The van der Waals surface area contributed by atoms with E-state index in [9.17, 15) is 4.79 Å². The summed E-state index contributed by atoms with van der Waals surface area (Å²) < 4.78 is 1.51. The number of hydrogen-bond donors (Lipinski definition) is 0. The maximum absolute atomic E-state index is 13.0. The molecule has 0 spiro atoms. The van der Waals surface area contributed by atoms with Crippen molar-refractivity contribution in [2.45, 2.75) is 18.8 Å². The number of piperidine rings is 1. The summed E-state index contributed by atoms with van der Waals surface area (Å²) in [5, 5.41) is 11.6. The first kappa shape index (κ1) is 16.7. The van der Waals surface area contributed by atoms with Crippen LogP contribution in [0.2, 0.25) is 5.02 Å². The van der Waals surface area contributed by atoms with Crippen molar-refractivity contribution in [3.63, 3.8) is 0 Å². The molecular formula is C19H18ClN5O. The van der Waals surface area contributed by atoms with Gasteiger partial charge in [0.2, 0.25) is 0 Å². The van der Waals surface area contributed by atoms with Gasteiger partial charge in [-0.05, 0) is 52.9 Å². The third-order valence-corrected chi connectivity index (χ3v) is 5.18. The number of halogens is 1. The van der Waals surface area contributed by atoms with Crippen LogP contribution in [-0.4, -0.2) is 44.1 Å². The normalized spacial score (nSPS) is 15.2. The van der Waals surface area contributed by atoms with E-state index < -0.39 is 0 Å². The Morgan fingerprint density at radius 1 is 1.08 bits per heavy atom. The number of amides is 1. The molecule has 2 aromatic carbocycles. The van der Waals surface area contributed by atoms with Gasteiger partial charge >= 0.3 is 0 Å². The van der Waals surface area contributed by atoms with Crippen LogP contribution in [0.4, 0.5) is 0 Å². The first-order chi connectivity index (χ1) is 12.7. The van der Waals surface area contributed by atoms with Crippen LogP contribution < -0.4 is 0 Å². The fourth-order valence-corrected chi connectivity index (χ4v) is 3.61. The average molecular weight is 368 g/mol. The van der Waals surface area contributed by atoms with Gasteiger partial charge in [-0.3, -0.25) is 4.79 Å². The Morgan fingerprint density at radius 2 is 1.85 bits per heavy atom. The van der Waals surface area contributed by atoms with Gasteiger partial charge in [-0.15, -0.1) is 5.10 Å². The Labute approximate surface area is 156 Å². The van der Waals surface area contributed by atoms with Gasteiger partial charge in [-0.25, -0.2) is 4.68 Å². The van der Waals surface area contributed by atoms with Crippen molar-refractivity contribution in [2.24, 2.45) is 0 Å². The number of aromatic nitrogens is 4. The molecule has 0 radical (unpaired) electrons. The molecule has 1 aromatic heterocycles. The van der Waals surface area contributed by atoms with E-state index in [0.29, 0.717) is 22.2 Å². The van der Waals surface area contributed by atoms with E-state index in [0.717, 1.165) is 25.9 Å². The van der Waals surface area contributed by atoms with Crippen molar-refractivity contribution < 1.29 is 4.79 Å². The number of nitrogens with zero attached hydrogens (tertiary/aromatic N) is 5. The highest BCUT2D eigenvalue weighted by Crippen LogP contribution is 2.29. The van der Waals surface area contributed by atoms with Gasteiger partial charge in [0, 0.05) is 13.1 Å². The van der Waals surface area contributed by atoms with Crippen LogP contribution in [0.25, 0.3) is 5.69 Å². The molecule has 0 unspecified atom stereocenters. The number of carbonyl (C=O) groups is 1. The number of likely N-dealkylation sites (tertiary alicyclic amines) is 1. The second-order valence-electron chi connectivity index (χ2n) is 6.40. The molecule has 2 heterocycles. The molecule has 1 saturated heterocycles. The van der Waals surface area contributed by atoms with Gasteiger partial charge < -0.3 is 4.90 Å². The molecule has 0 aliphatic carbocycles. The molecule has 4 rings (SSSR count). The van der Waals surface area contributed by atoms with Gasteiger partial charge in [0.15, 0.2) is 0 Å². The minimum absolute atomic E-state index is 0.0450. The van der Waals surface area contributed by atoms with Crippen molar-refractivity contribution in [1.29, 1.82) is 0 Å². The van der Waals surface area contributed by atoms with E-state index in [1.807, 2.05) is 11.0 Å². The van der Waals surface area contributed by atoms with Gasteiger partial charge in [-0.2, -0.15) is 0 Å². The van der Waals surface area contributed by atoms with Crippen molar-refractivity contribution in [1.82, 2.24) is 25.1 Å². The molecule has 1 aliphatic rings. The van der Waals surface area contributed by atoms with E-state index in [2.05, 4.69) is 39.8 Å². The molecule has 7 heteroatoms. The predicted molar refractivity (Wildman–Crippen MR) is 98.5 cm³/mol. The summed E-state index contributed by atoms with van der Waals surface area (Å²) in [6.07, 6.45) is 3.41. The number of tetrazole rings is 1. The van der Waals surface area contributed by atoms with Crippen LogP contribution in [0.15, 0.2) is 54.9 Å². The zero-order valence-corrected chi connectivity index (χ0v) is 14.9. The third-order valence-electron chi connectivity index (χ3n) is 4.85. The lowest BCUT2D eigenvalue weighted by Gasteiger charge is -2.32. The third kappa shape index (κ3) is 3.32. The van der Waals surface area contributed by atoms with Crippen LogP contribution in [-0.2, 0) is 0 Å². The molecule has 0 atom stereocenters. The topological polar surface area (TPSA) is 63.9 Å². The summed E-state index contributed by atoms with van der Waals surface area (Å²) >= 11 is 6.29. The van der Waals surface area contributed by atoms with Gasteiger partial charge in [0.25, 0.3) is 5.91 Å². The minimum atomic E-state index is -0.0450. The standard InChI is InChI=1S/C19H18ClN5O/c20-18-7-6-16(25-13-21-22-23-25)12-17(18)19(26)24-10-8-15(9-11-24)14-4-2-1-3-5-14/h1-7,12-13,15H,8-11H2. The first-order valence-electron chi connectivity index (χ1n) is 8.59. The monoisotopic (exact) mass is 367 g/mol. The molecule has 0 N–H and O–H groups in total. The fraction of sp³-hybridized carbons (Fsp3) is 0.263. The minimum Gasteiger partial charge on any atom is -0.339 e. The predicted octanol–water partition coefficient (Wildman–Crippen LogP) is 3.34. The molecule has 1 fully saturated rings. The summed E-state index contributed by atoms with van der Waals surface area (Å²) in [4.78, 5) is 14.8. The summed E-state index contributed by atoms with van der Waals surface area (Å²) in [5.41, 5.74) is 2.54. The molecule has 26 heavy (non-hydrogen) atoms. The molecule has 0 bridgehead atoms. The lowest BCUT2D eigenvalue weighted by Crippen LogP contribution is -2.38. The summed E-state index contributed by atoms with van der Waals surface area (Å²) in [6.45, 7) is 1.45. The number of hydrogen-bond acceptors (Lipinski definition) is 4. The van der Waals surface area contributed by atoms with Gasteiger partial charge in [0.1, 0.15) is 6.33 Å². The molecule has 132 valence electrons. The SMILES string of the molecule is O=C(c1cc(-n2cnnn2)ccc1Cl)N1CCC(c2ccccc2)CC1. The average Bonchev–Trinajstić information content (AvgIpc) is 3.23. The lowest BCUT2D eigenvalue weighted by atomic mass is 9.89. The molecule has 0 saturated carbocycles. The Balaban J connectivity index is 1.49. The molecule has 3 aromatic rings. The molecule has 1 amide bonds. The Kier molecular flexibility index (Phi) is 4.67. The number of benzene rings is 2.